The number of ether oxygens (including phenoxy) is 2. The first kappa shape index (κ1) is 17.4. The van der Waals surface area contributed by atoms with Crippen molar-refractivity contribution in [2.75, 3.05) is 45.3 Å². The second-order valence-corrected chi connectivity index (χ2v) is 6.26. The van der Waals surface area contributed by atoms with Gasteiger partial charge in [0.25, 0.3) is 5.91 Å². The van der Waals surface area contributed by atoms with Crippen molar-refractivity contribution >= 4 is 23.2 Å². The third-order valence-electron chi connectivity index (χ3n) is 4.38. The van der Waals surface area contributed by atoms with Crippen molar-refractivity contribution in [1.82, 2.24) is 4.90 Å². The minimum Gasteiger partial charge on any atom is -0.497 e. The fraction of sp³-hybridized carbons (Fsp3) is 0.316. The molecule has 25 heavy (non-hydrogen) atoms. The van der Waals surface area contributed by atoms with Gasteiger partial charge in [-0.05, 0) is 30.3 Å². The van der Waals surface area contributed by atoms with Gasteiger partial charge in [-0.3, -0.25) is 4.79 Å². The summed E-state index contributed by atoms with van der Waals surface area (Å²) in [6.07, 6.45) is 0. The van der Waals surface area contributed by atoms with E-state index in [1.165, 1.54) is 0 Å². The minimum absolute atomic E-state index is 0.0513. The van der Waals surface area contributed by atoms with Gasteiger partial charge in [-0.15, -0.1) is 0 Å². The van der Waals surface area contributed by atoms with Crippen LogP contribution < -0.4 is 14.4 Å². The van der Waals surface area contributed by atoms with Gasteiger partial charge in [0.15, 0.2) is 0 Å². The molecule has 0 saturated carbocycles. The van der Waals surface area contributed by atoms with E-state index in [1.54, 1.807) is 32.4 Å². The maximum absolute atomic E-state index is 12.8. The average Bonchev–Trinajstić information content (AvgIpc) is 2.67. The van der Waals surface area contributed by atoms with Crippen LogP contribution in [0.25, 0.3) is 0 Å². The van der Waals surface area contributed by atoms with Crippen molar-refractivity contribution in [1.29, 1.82) is 0 Å². The summed E-state index contributed by atoms with van der Waals surface area (Å²) < 4.78 is 10.6. The van der Waals surface area contributed by atoms with Crippen LogP contribution in [0.4, 0.5) is 5.69 Å². The molecule has 2 aromatic carbocycles. The molecule has 0 spiro atoms. The predicted octanol–water partition coefficient (Wildman–Crippen LogP) is 3.32. The Balaban J connectivity index is 1.69. The number of benzene rings is 2. The number of halogens is 1. The van der Waals surface area contributed by atoms with Gasteiger partial charge in [0.1, 0.15) is 11.5 Å². The molecule has 0 aliphatic carbocycles. The Morgan fingerprint density at radius 1 is 1.00 bits per heavy atom. The SMILES string of the molecule is COc1cccc(N2CCN(C(=O)c3cc(Cl)ccc3OC)CC2)c1. The summed E-state index contributed by atoms with van der Waals surface area (Å²) >= 11 is 6.04. The van der Waals surface area contributed by atoms with Crippen molar-refractivity contribution in [2.24, 2.45) is 0 Å². The van der Waals surface area contributed by atoms with Gasteiger partial charge in [0, 0.05) is 43.0 Å². The normalized spacial score (nSPS) is 14.4. The monoisotopic (exact) mass is 360 g/mol. The Hall–Kier alpha value is -2.40. The molecule has 1 saturated heterocycles. The standard InChI is InChI=1S/C19H21ClN2O3/c1-24-16-5-3-4-15(13-16)21-8-10-22(11-9-21)19(23)17-12-14(20)6-7-18(17)25-2/h3-7,12-13H,8-11H2,1-2H3. The summed E-state index contributed by atoms with van der Waals surface area (Å²) in [6, 6.07) is 13.1. The Morgan fingerprint density at radius 2 is 1.76 bits per heavy atom. The lowest BCUT2D eigenvalue weighted by Crippen LogP contribution is -2.48. The second kappa shape index (κ2) is 7.66. The lowest BCUT2D eigenvalue weighted by Gasteiger charge is -2.36. The molecule has 0 bridgehead atoms. The molecular weight excluding hydrogens is 340 g/mol. The molecule has 0 N–H and O–H groups in total. The molecule has 6 heteroatoms. The summed E-state index contributed by atoms with van der Waals surface area (Å²) in [6.45, 7) is 2.82. The van der Waals surface area contributed by atoms with Crippen molar-refractivity contribution in [3.05, 3.63) is 53.1 Å². The van der Waals surface area contributed by atoms with Crippen LogP contribution in [0.3, 0.4) is 0 Å². The van der Waals surface area contributed by atoms with Gasteiger partial charge >= 0.3 is 0 Å². The zero-order valence-corrected chi connectivity index (χ0v) is 15.1. The molecule has 1 aliphatic rings. The number of carbonyl (C=O) groups excluding carboxylic acids is 1. The van der Waals surface area contributed by atoms with Gasteiger partial charge in [-0.1, -0.05) is 17.7 Å². The fourth-order valence-corrected chi connectivity index (χ4v) is 3.16. The molecule has 1 heterocycles. The first-order valence-corrected chi connectivity index (χ1v) is 8.52. The topological polar surface area (TPSA) is 42.0 Å². The van der Waals surface area contributed by atoms with Gasteiger partial charge < -0.3 is 19.3 Å². The van der Waals surface area contributed by atoms with E-state index in [1.807, 2.05) is 23.1 Å². The summed E-state index contributed by atoms with van der Waals surface area (Å²) in [5.74, 6) is 1.33. The van der Waals surface area contributed by atoms with E-state index >= 15 is 0 Å². The average molecular weight is 361 g/mol. The van der Waals surface area contributed by atoms with Crippen LogP contribution in [0.5, 0.6) is 11.5 Å². The third-order valence-corrected chi connectivity index (χ3v) is 4.61. The van der Waals surface area contributed by atoms with Crippen LogP contribution in [0.1, 0.15) is 10.4 Å². The molecule has 1 amide bonds. The smallest absolute Gasteiger partial charge is 0.257 e. The summed E-state index contributed by atoms with van der Waals surface area (Å²) in [7, 11) is 3.22. The summed E-state index contributed by atoms with van der Waals surface area (Å²) in [5, 5.41) is 0.527. The van der Waals surface area contributed by atoms with Crippen LogP contribution in [-0.2, 0) is 0 Å². The number of methoxy groups -OCH3 is 2. The van der Waals surface area contributed by atoms with Gasteiger partial charge in [-0.25, -0.2) is 0 Å². The molecule has 2 aromatic rings. The Kier molecular flexibility index (Phi) is 5.34. The lowest BCUT2D eigenvalue weighted by atomic mass is 10.1. The van der Waals surface area contributed by atoms with E-state index in [4.69, 9.17) is 21.1 Å². The van der Waals surface area contributed by atoms with Gasteiger partial charge in [-0.2, -0.15) is 0 Å². The molecule has 3 rings (SSSR count). The maximum atomic E-state index is 12.8. The van der Waals surface area contributed by atoms with Crippen LogP contribution in [0.15, 0.2) is 42.5 Å². The van der Waals surface area contributed by atoms with E-state index in [0.29, 0.717) is 29.4 Å². The number of piperazine rings is 1. The maximum Gasteiger partial charge on any atom is 0.257 e. The fourth-order valence-electron chi connectivity index (χ4n) is 2.99. The van der Waals surface area contributed by atoms with Crippen LogP contribution in [0, 0.1) is 0 Å². The largest absolute Gasteiger partial charge is 0.497 e. The lowest BCUT2D eigenvalue weighted by molar-refractivity contribution is 0.0743. The van der Waals surface area contributed by atoms with E-state index in [-0.39, 0.29) is 5.91 Å². The van der Waals surface area contributed by atoms with Crippen LogP contribution in [0.2, 0.25) is 5.02 Å². The van der Waals surface area contributed by atoms with Crippen LogP contribution >= 0.6 is 11.6 Å². The highest BCUT2D eigenvalue weighted by Gasteiger charge is 2.24. The molecule has 1 aliphatic heterocycles. The molecule has 5 nitrogen and oxygen atoms in total. The highest BCUT2D eigenvalue weighted by Crippen LogP contribution is 2.26. The van der Waals surface area contributed by atoms with Crippen molar-refractivity contribution in [2.45, 2.75) is 0 Å². The quantitative estimate of drug-likeness (QED) is 0.838. The van der Waals surface area contributed by atoms with Crippen molar-refractivity contribution < 1.29 is 14.3 Å². The number of hydrogen-bond acceptors (Lipinski definition) is 4. The molecule has 0 aromatic heterocycles. The van der Waals surface area contributed by atoms with E-state index in [2.05, 4.69) is 11.0 Å². The molecule has 0 radical (unpaired) electrons. The molecule has 0 unspecified atom stereocenters. The first-order chi connectivity index (χ1) is 12.1. The minimum atomic E-state index is -0.0513. The number of carbonyl (C=O) groups is 1. The van der Waals surface area contributed by atoms with Crippen LogP contribution in [-0.4, -0.2) is 51.2 Å². The zero-order chi connectivity index (χ0) is 17.8. The van der Waals surface area contributed by atoms with Gasteiger partial charge in [0.05, 0.1) is 19.8 Å². The highest BCUT2D eigenvalue weighted by molar-refractivity contribution is 6.31. The van der Waals surface area contributed by atoms with Gasteiger partial charge in [0.2, 0.25) is 0 Å². The van der Waals surface area contributed by atoms with E-state index in [0.717, 1.165) is 24.5 Å². The Bertz CT molecular complexity index is 758. The predicted molar refractivity (Wildman–Crippen MR) is 99.1 cm³/mol. The first-order valence-electron chi connectivity index (χ1n) is 8.14. The Labute approximate surface area is 152 Å². The molecular formula is C19H21ClN2O3. The number of rotatable bonds is 4. The van der Waals surface area contributed by atoms with Crippen molar-refractivity contribution in [3.8, 4) is 11.5 Å². The molecule has 132 valence electrons. The number of anilines is 1. The Morgan fingerprint density at radius 3 is 2.44 bits per heavy atom. The number of nitrogens with zero attached hydrogens (tertiary/aromatic N) is 2. The summed E-state index contributed by atoms with van der Waals surface area (Å²) in [4.78, 5) is 16.9. The molecule has 1 fully saturated rings. The number of hydrogen-bond donors (Lipinski definition) is 0. The van der Waals surface area contributed by atoms with E-state index < -0.39 is 0 Å². The molecule has 0 atom stereocenters. The number of amides is 1. The zero-order valence-electron chi connectivity index (χ0n) is 14.4. The summed E-state index contributed by atoms with van der Waals surface area (Å²) in [5.41, 5.74) is 1.61. The second-order valence-electron chi connectivity index (χ2n) is 5.83. The van der Waals surface area contributed by atoms with E-state index in [9.17, 15) is 4.79 Å². The highest BCUT2D eigenvalue weighted by atomic mass is 35.5. The third kappa shape index (κ3) is 3.82. The van der Waals surface area contributed by atoms with Crippen molar-refractivity contribution in [3.63, 3.8) is 0 Å².